The summed E-state index contributed by atoms with van der Waals surface area (Å²) < 4.78 is 41.7. The van der Waals surface area contributed by atoms with Crippen LogP contribution in [0.5, 0.6) is 0 Å². The normalized spacial score (nSPS) is 13.4. The number of alkyl halides is 3. The molecule has 36 heavy (non-hydrogen) atoms. The lowest BCUT2D eigenvalue weighted by atomic mass is 10.0. The molecule has 1 aromatic carbocycles. The van der Waals surface area contributed by atoms with Gasteiger partial charge in [0.1, 0.15) is 17.8 Å². The average molecular weight is 485 g/mol. The van der Waals surface area contributed by atoms with Gasteiger partial charge >= 0.3 is 6.18 Å². The van der Waals surface area contributed by atoms with Gasteiger partial charge in [-0.3, -0.25) is 4.79 Å². The maximum absolute atomic E-state index is 13.3. The smallest absolute Gasteiger partial charge is 0.340 e. The number of fused-ring (bicyclic) bond motifs is 1. The molecule has 3 heterocycles. The fourth-order valence-corrected chi connectivity index (χ4v) is 3.77. The van der Waals surface area contributed by atoms with Crippen molar-refractivity contribution >= 4 is 17.8 Å². The zero-order chi connectivity index (χ0) is 25.1. The van der Waals surface area contributed by atoms with Crippen molar-refractivity contribution in [2.75, 3.05) is 5.32 Å². The lowest BCUT2D eigenvalue weighted by Crippen LogP contribution is -2.19. The van der Waals surface area contributed by atoms with Crippen molar-refractivity contribution in [3.8, 4) is 23.1 Å². The van der Waals surface area contributed by atoms with Gasteiger partial charge in [0.05, 0.1) is 17.5 Å². The number of hydrogen-bond acceptors (Lipinski definition) is 5. The molecule has 5 rings (SSSR count). The highest BCUT2D eigenvalue weighted by Crippen LogP contribution is 2.34. The van der Waals surface area contributed by atoms with E-state index in [0.717, 1.165) is 11.8 Å². The summed E-state index contributed by atoms with van der Waals surface area (Å²) in [6.45, 7) is 0. The minimum atomic E-state index is -4.41. The predicted molar refractivity (Wildman–Crippen MR) is 129 cm³/mol. The third kappa shape index (κ3) is 4.88. The van der Waals surface area contributed by atoms with Crippen LogP contribution >= 0.6 is 0 Å². The Hall–Kier alpha value is -4.71. The summed E-state index contributed by atoms with van der Waals surface area (Å²) in [4.78, 5) is 19.4. The van der Waals surface area contributed by atoms with E-state index in [1.165, 1.54) is 12.3 Å². The number of carbonyl (C=O) groups excluding carboxylic acids is 1. The number of nitrogens with zero attached hydrogens (tertiary/aromatic N) is 4. The molecule has 0 spiro atoms. The number of halogens is 3. The molecule has 0 saturated carbocycles. The SMILES string of the molecule is O=Cc1ccc(-c2ccc3ncc(C#Cc4ccnc(NC5=C(C(F)(F)F)CCC=C5)c4)n3n2)cc1. The average Bonchev–Trinajstić information content (AvgIpc) is 3.30. The number of benzene rings is 1. The molecule has 6 nitrogen and oxygen atoms in total. The first-order valence-corrected chi connectivity index (χ1v) is 11.0. The Balaban J connectivity index is 1.42. The molecule has 0 atom stereocenters. The molecular weight excluding hydrogens is 467 g/mol. The van der Waals surface area contributed by atoms with Gasteiger partial charge in [-0.25, -0.2) is 14.5 Å². The second-order valence-electron chi connectivity index (χ2n) is 8.01. The Morgan fingerprint density at radius 3 is 2.64 bits per heavy atom. The maximum atomic E-state index is 13.3. The number of allylic oxidation sites excluding steroid dienone is 3. The van der Waals surface area contributed by atoms with E-state index in [0.29, 0.717) is 34.6 Å². The van der Waals surface area contributed by atoms with E-state index in [4.69, 9.17) is 0 Å². The van der Waals surface area contributed by atoms with Crippen LogP contribution in [0, 0.1) is 11.8 Å². The summed E-state index contributed by atoms with van der Waals surface area (Å²) in [6.07, 6.45) is 2.86. The molecule has 4 aromatic rings. The minimum absolute atomic E-state index is 0.00829. The van der Waals surface area contributed by atoms with Crippen LogP contribution < -0.4 is 5.32 Å². The molecule has 0 amide bonds. The van der Waals surface area contributed by atoms with Gasteiger partial charge in [-0.1, -0.05) is 36.3 Å². The van der Waals surface area contributed by atoms with Gasteiger partial charge in [0.2, 0.25) is 0 Å². The summed E-state index contributed by atoms with van der Waals surface area (Å²) >= 11 is 0. The second-order valence-corrected chi connectivity index (χ2v) is 8.01. The van der Waals surface area contributed by atoms with Crippen LogP contribution in [-0.4, -0.2) is 32.0 Å². The molecule has 178 valence electrons. The molecule has 0 radical (unpaired) electrons. The Bertz CT molecular complexity index is 1570. The van der Waals surface area contributed by atoms with Crippen LogP contribution in [0.3, 0.4) is 0 Å². The first-order chi connectivity index (χ1) is 17.4. The molecule has 0 fully saturated rings. The fraction of sp³-hybridized carbons (Fsp3) is 0.111. The lowest BCUT2D eigenvalue weighted by Gasteiger charge is -2.19. The van der Waals surface area contributed by atoms with Crippen LogP contribution in [0.15, 0.2) is 84.3 Å². The van der Waals surface area contributed by atoms with Crippen LogP contribution in [0.1, 0.15) is 34.5 Å². The van der Waals surface area contributed by atoms with Crippen molar-refractivity contribution in [1.82, 2.24) is 19.6 Å². The molecule has 0 bridgehead atoms. The summed E-state index contributed by atoms with van der Waals surface area (Å²) in [5.74, 6) is 6.30. The molecule has 1 aliphatic carbocycles. The van der Waals surface area contributed by atoms with Crippen LogP contribution in [0.2, 0.25) is 0 Å². The molecule has 9 heteroatoms. The largest absolute Gasteiger partial charge is 0.414 e. The summed E-state index contributed by atoms with van der Waals surface area (Å²) in [5, 5.41) is 7.39. The van der Waals surface area contributed by atoms with Crippen molar-refractivity contribution in [1.29, 1.82) is 0 Å². The van der Waals surface area contributed by atoms with E-state index in [1.54, 1.807) is 41.1 Å². The van der Waals surface area contributed by atoms with Crippen molar-refractivity contribution in [3.05, 3.63) is 101 Å². The molecule has 1 aliphatic rings. The first kappa shape index (κ1) is 23.1. The van der Waals surface area contributed by atoms with E-state index < -0.39 is 11.7 Å². The number of anilines is 1. The zero-order valence-corrected chi connectivity index (χ0v) is 18.8. The summed E-state index contributed by atoms with van der Waals surface area (Å²) in [6, 6.07) is 14.0. The number of rotatable bonds is 4. The Morgan fingerprint density at radius 2 is 1.86 bits per heavy atom. The lowest BCUT2D eigenvalue weighted by molar-refractivity contribution is -0.0946. The molecule has 3 aromatic heterocycles. The summed E-state index contributed by atoms with van der Waals surface area (Å²) in [5.41, 5.74) is 3.21. The van der Waals surface area contributed by atoms with Gasteiger partial charge in [0, 0.05) is 28.6 Å². The number of aromatic nitrogens is 4. The monoisotopic (exact) mass is 485 g/mol. The number of nitrogens with one attached hydrogen (secondary N) is 1. The fourth-order valence-electron chi connectivity index (χ4n) is 3.77. The maximum Gasteiger partial charge on any atom is 0.414 e. The van der Waals surface area contributed by atoms with Gasteiger partial charge in [-0.05, 0) is 49.1 Å². The van der Waals surface area contributed by atoms with Crippen LogP contribution in [-0.2, 0) is 0 Å². The van der Waals surface area contributed by atoms with E-state index >= 15 is 0 Å². The van der Waals surface area contributed by atoms with Crippen molar-refractivity contribution < 1.29 is 18.0 Å². The number of imidazole rings is 1. The Kier molecular flexibility index (Phi) is 6.09. The topological polar surface area (TPSA) is 72.2 Å². The van der Waals surface area contributed by atoms with Crippen LogP contribution in [0.25, 0.3) is 16.9 Å². The minimum Gasteiger partial charge on any atom is -0.340 e. The highest BCUT2D eigenvalue weighted by Gasteiger charge is 2.36. The molecular formula is C27H18F3N5O. The third-order valence-electron chi connectivity index (χ3n) is 5.58. The van der Waals surface area contributed by atoms with Crippen LogP contribution in [0.4, 0.5) is 19.0 Å². The van der Waals surface area contributed by atoms with Gasteiger partial charge in [-0.2, -0.15) is 18.3 Å². The highest BCUT2D eigenvalue weighted by molar-refractivity contribution is 5.76. The Morgan fingerprint density at radius 1 is 1.03 bits per heavy atom. The molecule has 0 saturated heterocycles. The van der Waals surface area contributed by atoms with E-state index in [9.17, 15) is 18.0 Å². The predicted octanol–water partition coefficient (Wildman–Crippen LogP) is 5.58. The number of carbonyl (C=O) groups is 1. The quantitative estimate of drug-likeness (QED) is 0.302. The van der Waals surface area contributed by atoms with Gasteiger partial charge in [-0.15, -0.1) is 0 Å². The number of hydrogen-bond donors (Lipinski definition) is 1. The zero-order valence-electron chi connectivity index (χ0n) is 18.8. The van der Waals surface area contributed by atoms with Crippen molar-refractivity contribution in [2.45, 2.75) is 19.0 Å². The van der Waals surface area contributed by atoms with Gasteiger partial charge < -0.3 is 5.32 Å². The first-order valence-electron chi connectivity index (χ1n) is 11.0. The summed E-state index contributed by atoms with van der Waals surface area (Å²) in [7, 11) is 0. The molecule has 1 N–H and O–H groups in total. The van der Waals surface area contributed by atoms with Crippen molar-refractivity contribution in [3.63, 3.8) is 0 Å². The standard InChI is InChI=1S/C27H18F3N5O/c28-27(29,30)22-3-1-2-4-24(22)33-25-15-18(13-14-31-25)7-10-21-16-32-26-12-11-23(34-35(21)26)20-8-5-19(17-36)6-9-20/h2,4-6,8-9,11-17H,1,3H2,(H,31,33). The Labute approximate surface area is 204 Å². The van der Waals surface area contributed by atoms with E-state index in [1.807, 2.05) is 24.3 Å². The second kappa shape index (κ2) is 9.50. The van der Waals surface area contributed by atoms with Crippen molar-refractivity contribution in [2.24, 2.45) is 0 Å². The highest BCUT2D eigenvalue weighted by atomic mass is 19.4. The van der Waals surface area contributed by atoms with Gasteiger partial charge in [0.25, 0.3) is 0 Å². The van der Waals surface area contributed by atoms with Gasteiger partial charge in [0.15, 0.2) is 5.65 Å². The van der Waals surface area contributed by atoms with E-state index in [-0.39, 0.29) is 17.9 Å². The molecule has 0 unspecified atom stereocenters. The molecule has 0 aliphatic heterocycles. The number of aldehydes is 1. The number of pyridine rings is 1. The third-order valence-corrected chi connectivity index (χ3v) is 5.58. The van der Waals surface area contributed by atoms with E-state index in [2.05, 4.69) is 32.2 Å².